The third kappa shape index (κ3) is 5.76. The van der Waals surface area contributed by atoms with Crippen molar-refractivity contribution < 1.29 is 14.3 Å². The number of ether oxygens (including phenoxy) is 2. The minimum Gasteiger partial charge on any atom is -0.493 e. The average Bonchev–Trinajstić information content (AvgIpc) is 3.26. The molecule has 3 rings (SSSR count). The molecule has 2 aromatic carbocycles. The van der Waals surface area contributed by atoms with E-state index in [-0.39, 0.29) is 12.0 Å². The molecule has 1 N–H and O–H groups in total. The Hall–Kier alpha value is -2.95. The van der Waals surface area contributed by atoms with E-state index in [9.17, 15) is 4.79 Å². The third-order valence-electron chi connectivity index (χ3n) is 4.87. The second-order valence-electron chi connectivity index (χ2n) is 7.45. The van der Waals surface area contributed by atoms with Crippen LogP contribution < -0.4 is 19.7 Å². The lowest BCUT2D eigenvalue weighted by atomic mass is 10.1. The Morgan fingerprint density at radius 3 is 2.62 bits per heavy atom. The minimum atomic E-state index is -0.123. The van der Waals surface area contributed by atoms with Gasteiger partial charge in [-0.25, -0.2) is 0 Å². The molecule has 2 aromatic rings. The molecular weight excluding hydrogens is 364 g/mol. The monoisotopic (exact) mass is 394 g/mol. The Labute approximate surface area is 173 Å². The molecule has 0 atom stereocenters. The number of rotatable bonds is 8. The van der Waals surface area contributed by atoms with Crippen LogP contribution in [0.4, 0.5) is 5.69 Å². The SMILES string of the molecule is COc1cc(/C=C/C(=O)NCc2ccccc2N2CCCC2)ccc1OC(C)C. The summed E-state index contributed by atoms with van der Waals surface area (Å²) >= 11 is 0. The Morgan fingerprint density at radius 1 is 1.14 bits per heavy atom. The van der Waals surface area contributed by atoms with Gasteiger partial charge in [0.15, 0.2) is 11.5 Å². The standard InChI is InChI=1S/C24H30N2O3/c1-18(2)29-22-12-10-19(16-23(22)28-3)11-13-24(27)25-17-20-8-4-5-9-21(20)26-14-6-7-15-26/h4-5,8-13,16,18H,6-7,14-15,17H2,1-3H3,(H,25,27)/b13-11+. The highest BCUT2D eigenvalue weighted by molar-refractivity contribution is 5.91. The predicted octanol–water partition coefficient (Wildman–Crippen LogP) is 4.41. The maximum absolute atomic E-state index is 12.3. The molecule has 1 saturated heterocycles. The molecule has 0 unspecified atom stereocenters. The summed E-state index contributed by atoms with van der Waals surface area (Å²) in [6, 6.07) is 13.9. The van der Waals surface area contributed by atoms with E-state index in [0.717, 1.165) is 24.2 Å². The van der Waals surface area contributed by atoms with E-state index in [2.05, 4.69) is 28.4 Å². The zero-order valence-corrected chi connectivity index (χ0v) is 17.5. The molecule has 0 saturated carbocycles. The lowest BCUT2D eigenvalue weighted by molar-refractivity contribution is -0.116. The van der Waals surface area contributed by atoms with E-state index >= 15 is 0 Å². The van der Waals surface area contributed by atoms with E-state index in [4.69, 9.17) is 9.47 Å². The molecule has 0 radical (unpaired) electrons. The van der Waals surface area contributed by atoms with Gasteiger partial charge in [0, 0.05) is 31.4 Å². The van der Waals surface area contributed by atoms with Crippen molar-refractivity contribution in [3.05, 3.63) is 59.7 Å². The van der Waals surface area contributed by atoms with Crippen molar-refractivity contribution in [2.24, 2.45) is 0 Å². The summed E-state index contributed by atoms with van der Waals surface area (Å²) in [7, 11) is 1.61. The van der Waals surface area contributed by atoms with Crippen LogP contribution in [-0.2, 0) is 11.3 Å². The number of nitrogens with one attached hydrogen (secondary N) is 1. The van der Waals surface area contributed by atoms with E-state index in [1.165, 1.54) is 18.5 Å². The lowest BCUT2D eigenvalue weighted by Gasteiger charge is -2.21. The first-order chi connectivity index (χ1) is 14.1. The first kappa shape index (κ1) is 20.8. The van der Waals surface area contributed by atoms with Crippen molar-refractivity contribution in [3.8, 4) is 11.5 Å². The van der Waals surface area contributed by atoms with E-state index in [1.54, 1.807) is 19.3 Å². The topological polar surface area (TPSA) is 50.8 Å². The summed E-state index contributed by atoms with van der Waals surface area (Å²) in [5.41, 5.74) is 3.25. The summed E-state index contributed by atoms with van der Waals surface area (Å²) in [6.45, 7) is 6.63. The summed E-state index contributed by atoms with van der Waals surface area (Å²) in [4.78, 5) is 14.7. The molecule has 154 valence electrons. The van der Waals surface area contributed by atoms with Gasteiger partial charge < -0.3 is 19.7 Å². The van der Waals surface area contributed by atoms with E-state index < -0.39 is 0 Å². The van der Waals surface area contributed by atoms with Crippen LogP contribution in [0.5, 0.6) is 11.5 Å². The number of methoxy groups -OCH3 is 1. The number of para-hydroxylation sites is 1. The highest BCUT2D eigenvalue weighted by Gasteiger charge is 2.15. The fourth-order valence-electron chi connectivity index (χ4n) is 3.48. The summed E-state index contributed by atoms with van der Waals surface area (Å²) in [5.74, 6) is 1.23. The maximum atomic E-state index is 12.3. The largest absolute Gasteiger partial charge is 0.493 e. The molecule has 1 aliphatic heterocycles. The van der Waals surface area contributed by atoms with Gasteiger partial charge in [0.25, 0.3) is 0 Å². The number of amides is 1. The lowest BCUT2D eigenvalue weighted by Crippen LogP contribution is -2.24. The smallest absolute Gasteiger partial charge is 0.244 e. The highest BCUT2D eigenvalue weighted by atomic mass is 16.5. The summed E-state index contributed by atoms with van der Waals surface area (Å²) in [5, 5.41) is 2.99. The Bertz CT molecular complexity index is 855. The van der Waals surface area contributed by atoms with Crippen molar-refractivity contribution in [2.45, 2.75) is 39.3 Å². The number of benzene rings is 2. The minimum absolute atomic E-state index is 0.0690. The molecule has 5 nitrogen and oxygen atoms in total. The van der Waals surface area contributed by atoms with Gasteiger partial charge >= 0.3 is 0 Å². The first-order valence-corrected chi connectivity index (χ1v) is 10.2. The number of nitrogens with zero attached hydrogens (tertiary/aromatic N) is 1. The van der Waals surface area contributed by atoms with Crippen molar-refractivity contribution in [1.29, 1.82) is 0 Å². The molecular formula is C24H30N2O3. The first-order valence-electron chi connectivity index (χ1n) is 10.2. The van der Waals surface area contributed by atoms with Gasteiger partial charge in [0.2, 0.25) is 5.91 Å². The van der Waals surface area contributed by atoms with Crippen molar-refractivity contribution in [1.82, 2.24) is 5.32 Å². The fourth-order valence-corrected chi connectivity index (χ4v) is 3.48. The number of carbonyl (C=O) groups is 1. The zero-order chi connectivity index (χ0) is 20.6. The molecule has 1 fully saturated rings. The van der Waals surface area contributed by atoms with Crippen LogP contribution in [0.1, 0.15) is 37.8 Å². The highest BCUT2D eigenvalue weighted by Crippen LogP contribution is 2.29. The van der Waals surface area contributed by atoms with Crippen LogP contribution in [0.3, 0.4) is 0 Å². The molecule has 0 spiro atoms. The summed E-state index contributed by atoms with van der Waals surface area (Å²) in [6.07, 6.45) is 5.86. The molecule has 29 heavy (non-hydrogen) atoms. The van der Waals surface area contributed by atoms with Gasteiger partial charge in [-0.05, 0) is 62.1 Å². The van der Waals surface area contributed by atoms with Gasteiger partial charge in [0.1, 0.15) is 0 Å². The van der Waals surface area contributed by atoms with E-state index in [0.29, 0.717) is 18.0 Å². The van der Waals surface area contributed by atoms with Crippen LogP contribution in [0.15, 0.2) is 48.5 Å². The maximum Gasteiger partial charge on any atom is 0.244 e. The Morgan fingerprint density at radius 2 is 1.90 bits per heavy atom. The van der Waals surface area contributed by atoms with Crippen LogP contribution in [0.25, 0.3) is 6.08 Å². The van der Waals surface area contributed by atoms with Gasteiger partial charge in [-0.2, -0.15) is 0 Å². The number of carbonyl (C=O) groups excluding carboxylic acids is 1. The number of hydrogen-bond acceptors (Lipinski definition) is 4. The molecule has 0 aromatic heterocycles. The normalized spacial score (nSPS) is 13.9. The van der Waals surface area contributed by atoms with Crippen LogP contribution in [-0.4, -0.2) is 32.2 Å². The van der Waals surface area contributed by atoms with E-state index in [1.807, 2.05) is 38.1 Å². The molecule has 1 amide bonds. The number of hydrogen-bond donors (Lipinski definition) is 1. The van der Waals surface area contributed by atoms with Crippen LogP contribution in [0.2, 0.25) is 0 Å². The average molecular weight is 395 g/mol. The Balaban J connectivity index is 1.61. The fraction of sp³-hybridized carbons (Fsp3) is 0.375. The molecule has 1 aliphatic rings. The van der Waals surface area contributed by atoms with Gasteiger partial charge in [-0.3, -0.25) is 4.79 Å². The number of anilines is 1. The second kappa shape index (κ2) is 10.0. The molecule has 5 heteroatoms. The zero-order valence-electron chi connectivity index (χ0n) is 17.5. The van der Waals surface area contributed by atoms with Crippen LogP contribution >= 0.6 is 0 Å². The molecule has 1 heterocycles. The molecule has 0 aliphatic carbocycles. The second-order valence-corrected chi connectivity index (χ2v) is 7.45. The predicted molar refractivity (Wildman–Crippen MR) is 118 cm³/mol. The quantitative estimate of drug-likeness (QED) is 0.674. The van der Waals surface area contributed by atoms with Crippen LogP contribution in [0, 0.1) is 0 Å². The van der Waals surface area contributed by atoms with Gasteiger partial charge in [-0.1, -0.05) is 24.3 Å². The van der Waals surface area contributed by atoms with Crippen molar-refractivity contribution in [3.63, 3.8) is 0 Å². The Kier molecular flexibility index (Phi) is 7.17. The summed E-state index contributed by atoms with van der Waals surface area (Å²) < 4.78 is 11.1. The third-order valence-corrected chi connectivity index (χ3v) is 4.87. The van der Waals surface area contributed by atoms with Gasteiger partial charge in [0.05, 0.1) is 13.2 Å². The van der Waals surface area contributed by atoms with Gasteiger partial charge in [-0.15, -0.1) is 0 Å². The van der Waals surface area contributed by atoms with Crippen molar-refractivity contribution >= 4 is 17.7 Å². The van der Waals surface area contributed by atoms with Crippen molar-refractivity contribution in [2.75, 3.05) is 25.1 Å². The molecule has 0 bridgehead atoms.